The molecule has 0 aliphatic carbocycles. The molecule has 0 spiro atoms. The molecule has 0 unspecified atom stereocenters. The van der Waals surface area contributed by atoms with Crippen molar-refractivity contribution in [2.45, 2.75) is 12.8 Å². The topological polar surface area (TPSA) is 105 Å². The van der Waals surface area contributed by atoms with E-state index in [1.165, 1.54) is 24.3 Å². The predicted octanol–water partition coefficient (Wildman–Crippen LogP) is 5.74. The number of benzene rings is 3. The zero-order valence-electron chi connectivity index (χ0n) is 17.4. The number of alkyl halides is 3. The molecule has 1 amide bonds. The Morgan fingerprint density at radius 2 is 1.76 bits per heavy atom. The summed E-state index contributed by atoms with van der Waals surface area (Å²) in [5, 5.41) is 22.3. The minimum atomic E-state index is -4.56. The summed E-state index contributed by atoms with van der Waals surface area (Å²) >= 11 is 0. The second-order valence-corrected chi connectivity index (χ2v) is 6.98. The molecule has 0 saturated heterocycles. The number of nitrogens with zero attached hydrogens (tertiary/aromatic N) is 2. The molecule has 10 heteroatoms. The van der Waals surface area contributed by atoms with Crippen LogP contribution in [0.2, 0.25) is 0 Å². The molecule has 0 aliphatic heterocycles. The molecule has 3 aromatic rings. The largest absolute Gasteiger partial charge is 0.489 e. The average Bonchev–Trinajstić information content (AvgIpc) is 2.81. The lowest BCUT2D eigenvalue weighted by Crippen LogP contribution is -2.14. The van der Waals surface area contributed by atoms with Crippen LogP contribution in [0.4, 0.5) is 24.5 Å². The number of nitro groups is 1. The van der Waals surface area contributed by atoms with Crippen molar-refractivity contribution in [3.63, 3.8) is 0 Å². The molecular weight excluding hydrogens is 451 g/mol. The standard InChI is InChI=1S/C24H16F3N3O4/c25-24(26,27)19-2-1-3-20(13-19)29-23(31)18(14-28)12-16-6-10-22(11-7-16)34-15-17-4-8-21(9-5-17)30(32)33/h1-13H,15H2,(H,29,31)/b18-12+. The minimum absolute atomic E-state index is 0.0229. The Bertz CT molecular complexity index is 1260. The summed E-state index contributed by atoms with van der Waals surface area (Å²) in [6, 6.07) is 18.2. The Morgan fingerprint density at radius 3 is 2.35 bits per heavy atom. The zero-order chi connectivity index (χ0) is 24.7. The Morgan fingerprint density at radius 1 is 1.09 bits per heavy atom. The highest BCUT2D eigenvalue weighted by Crippen LogP contribution is 2.30. The summed E-state index contributed by atoms with van der Waals surface area (Å²) in [5.41, 5.74) is -0.0960. The molecule has 0 fully saturated rings. The highest BCUT2D eigenvalue weighted by atomic mass is 19.4. The van der Waals surface area contributed by atoms with Gasteiger partial charge in [-0.25, -0.2) is 0 Å². The number of carbonyl (C=O) groups excluding carboxylic acids is 1. The van der Waals surface area contributed by atoms with Crippen molar-refractivity contribution >= 4 is 23.4 Å². The quantitative estimate of drug-likeness (QED) is 0.207. The summed E-state index contributed by atoms with van der Waals surface area (Å²) in [6.07, 6.45) is -3.26. The molecule has 34 heavy (non-hydrogen) atoms. The number of hydrogen-bond donors (Lipinski definition) is 1. The van der Waals surface area contributed by atoms with Crippen molar-refractivity contribution in [1.82, 2.24) is 0 Å². The normalized spacial score (nSPS) is 11.4. The summed E-state index contributed by atoms with van der Waals surface area (Å²) < 4.78 is 44.1. The van der Waals surface area contributed by atoms with Crippen LogP contribution in [0.5, 0.6) is 5.75 Å². The molecule has 1 N–H and O–H groups in total. The van der Waals surface area contributed by atoms with Crippen LogP contribution in [-0.4, -0.2) is 10.8 Å². The van der Waals surface area contributed by atoms with Gasteiger partial charge in [-0.3, -0.25) is 14.9 Å². The van der Waals surface area contributed by atoms with Gasteiger partial charge in [0.25, 0.3) is 11.6 Å². The fourth-order valence-corrected chi connectivity index (χ4v) is 2.83. The van der Waals surface area contributed by atoms with Gasteiger partial charge >= 0.3 is 6.18 Å². The number of halogens is 3. The fraction of sp³-hybridized carbons (Fsp3) is 0.0833. The number of anilines is 1. The maximum absolute atomic E-state index is 12.8. The Labute approximate surface area is 191 Å². The molecule has 3 rings (SSSR count). The van der Waals surface area contributed by atoms with Crippen LogP contribution >= 0.6 is 0 Å². The summed E-state index contributed by atoms with van der Waals surface area (Å²) in [5.74, 6) is -0.359. The maximum atomic E-state index is 12.8. The summed E-state index contributed by atoms with van der Waals surface area (Å²) in [7, 11) is 0. The number of non-ortho nitro benzene ring substituents is 1. The van der Waals surface area contributed by atoms with Crippen LogP contribution in [-0.2, 0) is 17.6 Å². The highest BCUT2D eigenvalue weighted by molar-refractivity contribution is 6.09. The monoisotopic (exact) mass is 467 g/mol. The van der Waals surface area contributed by atoms with Crippen molar-refractivity contribution in [3.05, 3.63) is 105 Å². The number of ether oxygens (including phenoxy) is 1. The lowest BCUT2D eigenvalue weighted by Gasteiger charge is -2.09. The van der Waals surface area contributed by atoms with Crippen molar-refractivity contribution in [2.24, 2.45) is 0 Å². The number of nitriles is 1. The van der Waals surface area contributed by atoms with E-state index in [0.29, 0.717) is 11.3 Å². The van der Waals surface area contributed by atoms with Crippen LogP contribution < -0.4 is 10.1 Å². The molecule has 0 aromatic heterocycles. The third kappa shape index (κ3) is 6.43. The van der Waals surface area contributed by atoms with E-state index in [9.17, 15) is 33.3 Å². The van der Waals surface area contributed by atoms with E-state index in [2.05, 4.69) is 5.32 Å². The van der Waals surface area contributed by atoms with E-state index < -0.39 is 22.6 Å². The van der Waals surface area contributed by atoms with Gasteiger partial charge in [-0.2, -0.15) is 18.4 Å². The number of nitrogens with one attached hydrogen (secondary N) is 1. The van der Waals surface area contributed by atoms with Gasteiger partial charge in [0.15, 0.2) is 0 Å². The smallest absolute Gasteiger partial charge is 0.416 e. The van der Waals surface area contributed by atoms with Gasteiger partial charge in [-0.15, -0.1) is 0 Å². The highest BCUT2D eigenvalue weighted by Gasteiger charge is 2.30. The minimum Gasteiger partial charge on any atom is -0.489 e. The van der Waals surface area contributed by atoms with Gasteiger partial charge in [0, 0.05) is 17.8 Å². The first-order chi connectivity index (χ1) is 16.2. The molecule has 3 aromatic carbocycles. The van der Waals surface area contributed by atoms with Gasteiger partial charge in [-0.05, 0) is 59.7 Å². The van der Waals surface area contributed by atoms with E-state index in [-0.39, 0.29) is 23.6 Å². The first-order valence-corrected chi connectivity index (χ1v) is 9.72. The lowest BCUT2D eigenvalue weighted by molar-refractivity contribution is -0.384. The van der Waals surface area contributed by atoms with Crippen LogP contribution in [0.15, 0.2) is 78.4 Å². The summed E-state index contributed by atoms with van der Waals surface area (Å²) in [4.78, 5) is 22.5. The molecule has 0 bridgehead atoms. The Balaban J connectivity index is 1.64. The van der Waals surface area contributed by atoms with E-state index >= 15 is 0 Å². The van der Waals surface area contributed by atoms with Crippen molar-refractivity contribution in [3.8, 4) is 11.8 Å². The van der Waals surface area contributed by atoms with E-state index in [1.54, 1.807) is 42.5 Å². The van der Waals surface area contributed by atoms with Crippen LogP contribution in [0.1, 0.15) is 16.7 Å². The maximum Gasteiger partial charge on any atom is 0.416 e. The molecule has 0 saturated carbocycles. The van der Waals surface area contributed by atoms with Gasteiger partial charge in [0.2, 0.25) is 0 Å². The SMILES string of the molecule is N#C/C(=C\c1ccc(OCc2ccc([N+](=O)[O-])cc2)cc1)C(=O)Nc1cccc(C(F)(F)F)c1. The average molecular weight is 467 g/mol. The van der Waals surface area contributed by atoms with Crippen LogP contribution in [0.25, 0.3) is 6.08 Å². The molecule has 172 valence electrons. The molecular formula is C24H16F3N3O4. The molecule has 0 heterocycles. The van der Waals surface area contributed by atoms with Crippen LogP contribution in [0.3, 0.4) is 0 Å². The number of nitro benzene ring substituents is 1. The van der Waals surface area contributed by atoms with Gasteiger partial charge in [-0.1, -0.05) is 18.2 Å². The van der Waals surface area contributed by atoms with E-state index in [0.717, 1.165) is 23.8 Å². The van der Waals surface area contributed by atoms with Gasteiger partial charge in [0.05, 0.1) is 10.5 Å². The molecule has 0 radical (unpaired) electrons. The van der Waals surface area contributed by atoms with Crippen LogP contribution in [0, 0.1) is 21.4 Å². The van der Waals surface area contributed by atoms with Gasteiger partial charge in [0.1, 0.15) is 24.0 Å². The number of amides is 1. The predicted molar refractivity (Wildman–Crippen MR) is 118 cm³/mol. The van der Waals surface area contributed by atoms with Gasteiger partial charge < -0.3 is 10.1 Å². The third-order valence-corrected chi connectivity index (χ3v) is 4.56. The Hall–Kier alpha value is -4.65. The fourth-order valence-electron chi connectivity index (χ4n) is 2.83. The number of hydrogen-bond acceptors (Lipinski definition) is 5. The van der Waals surface area contributed by atoms with E-state index in [4.69, 9.17) is 4.74 Å². The molecule has 0 aliphatic rings. The summed E-state index contributed by atoms with van der Waals surface area (Å²) in [6.45, 7) is 0.177. The second-order valence-electron chi connectivity index (χ2n) is 6.98. The lowest BCUT2D eigenvalue weighted by atomic mass is 10.1. The molecule has 0 atom stereocenters. The Kier molecular flexibility index (Phi) is 7.28. The second kappa shape index (κ2) is 10.3. The first kappa shape index (κ1) is 24.0. The van der Waals surface area contributed by atoms with Crippen molar-refractivity contribution in [1.29, 1.82) is 5.26 Å². The van der Waals surface area contributed by atoms with Crippen molar-refractivity contribution in [2.75, 3.05) is 5.32 Å². The van der Waals surface area contributed by atoms with E-state index in [1.807, 2.05) is 0 Å². The zero-order valence-corrected chi connectivity index (χ0v) is 17.4. The molecule has 7 nitrogen and oxygen atoms in total. The third-order valence-electron chi connectivity index (χ3n) is 4.56. The first-order valence-electron chi connectivity index (χ1n) is 9.72. The van der Waals surface area contributed by atoms with Crippen molar-refractivity contribution < 1.29 is 27.6 Å². The number of rotatable bonds is 7. The number of carbonyl (C=O) groups is 1.